The van der Waals surface area contributed by atoms with E-state index < -0.39 is 24.8 Å². The first kappa shape index (κ1) is 10.0. The highest BCUT2D eigenvalue weighted by molar-refractivity contribution is 7.89. The molecule has 0 aromatic carbocycles. The summed E-state index contributed by atoms with van der Waals surface area (Å²) in [5.74, 6) is 0. The summed E-state index contributed by atoms with van der Waals surface area (Å²) in [6, 6.07) is 0. The molecule has 0 aromatic rings. The van der Waals surface area contributed by atoms with Crippen LogP contribution >= 0.6 is 7.83 Å². The minimum Gasteiger partial charge on any atom is -0.293 e. The summed E-state index contributed by atoms with van der Waals surface area (Å²) in [4.78, 5) is 0. The predicted octanol–water partition coefficient (Wildman–Crippen LogP) is 1.00. The van der Waals surface area contributed by atoms with Crippen molar-refractivity contribution in [1.29, 1.82) is 0 Å². The van der Waals surface area contributed by atoms with Crippen LogP contribution in [0.1, 0.15) is 6.42 Å². The first-order valence-corrected chi connectivity index (χ1v) is 5.82. The number of hydrogen-bond acceptors (Lipinski definition) is 4. The lowest BCUT2D eigenvalue weighted by Gasteiger charge is -2.24. The van der Waals surface area contributed by atoms with E-state index in [-0.39, 0.29) is 17.1 Å². The van der Waals surface area contributed by atoms with Gasteiger partial charge in [0.1, 0.15) is 0 Å². The molecule has 1 rings (SSSR count). The maximum absolute atomic E-state index is 12.7. The molecular formula is C3H6F2NO4PS. The van der Waals surface area contributed by atoms with E-state index in [0.717, 1.165) is 0 Å². The van der Waals surface area contributed by atoms with E-state index in [2.05, 4.69) is 4.52 Å². The van der Waals surface area contributed by atoms with Crippen molar-refractivity contribution in [2.75, 3.05) is 13.2 Å². The van der Waals surface area contributed by atoms with Gasteiger partial charge in [-0.1, -0.05) is 7.96 Å². The van der Waals surface area contributed by atoms with Gasteiger partial charge in [0.2, 0.25) is 0 Å². The standard InChI is InChI=1S/C3H6F2NO4PS/c4-11(7)6(12(5,8)9)2-1-3-10-11/h1-3H2. The monoisotopic (exact) mass is 221 g/mol. The zero-order chi connectivity index (χ0) is 9.41. The van der Waals surface area contributed by atoms with Gasteiger partial charge in [0, 0.05) is 6.54 Å². The first-order valence-electron chi connectivity index (χ1n) is 3.01. The Labute approximate surface area is 68.3 Å². The van der Waals surface area contributed by atoms with E-state index in [1.165, 1.54) is 0 Å². The van der Waals surface area contributed by atoms with Gasteiger partial charge in [-0.05, 0) is 6.42 Å². The highest BCUT2D eigenvalue weighted by atomic mass is 32.3. The van der Waals surface area contributed by atoms with Crippen molar-refractivity contribution in [3.8, 4) is 0 Å². The third-order valence-corrected chi connectivity index (χ3v) is 4.35. The van der Waals surface area contributed by atoms with Crippen molar-refractivity contribution in [1.82, 2.24) is 4.08 Å². The summed E-state index contributed by atoms with van der Waals surface area (Å²) in [5.41, 5.74) is 0. The number of rotatable bonds is 1. The van der Waals surface area contributed by atoms with Crippen LogP contribution in [0, 0.1) is 0 Å². The van der Waals surface area contributed by atoms with Crippen LogP contribution in [0.15, 0.2) is 0 Å². The minimum absolute atomic E-state index is 0.122. The van der Waals surface area contributed by atoms with Crippen molar-refractivity contribution in [3.05, 3.63) is 0 Å². The summed E-state index contributed by atoms with van der Waals surface area (Å²) in [6.07, 6.45) is 0.122. The predicted molar refractivity (Wildman–Crippen MR) is 36.0 cm³/mol. The fourth-order valence-electron chi connectivity index (χ4n) is 0.786. The molecule has 5 nitrogen and oxygen atoms in total. The van der Waals surface area contributed by atoms with Crippen LogP contribution in [-0.2, 0) is 19.5 Å². The molecule has 1 aliphatic rings. The van der Waals surface area contributed by atoms with Gasteiger partial charge < -0.3 is 0 Å². The fourth-order valence-corrected chi connectivity index (χ4v) is 3.07. The second-order valence-corrected chi connectivity index (χ2v) is 5.31. The maximum Gasteiger partial charge on any atom is 0.461 e. The van der Waals surface area contributed by atoms with E-state index in [0.29, 0.717) is 0 Å². The van der Waals surface area contributed by atoms with E-state index in [1.807, 2.05) is 0 Å². The molecule has 0 radical (unpaired) electrons. The van der Waals surface area contributed by atoms with Gasteiger partial charge in [0.15, 0.2) is 0 Å². The van der Waals surface area contributed by atoms with Gasteiger partial charge in [-0.3, -0.25) is 4.52 Å². The number of halogens is 2. The summed E-state index contributed by atoms with van der Waals surface area (Å²) in [5, 5.41) is 0. The second kappa shape index (κ2) is 3.02. The molecule has 0 N–H and O–H groups in total. The van der Waals surface area contributed by atoms with Crippen molar-refractivity contribution in [2.24, 2.45) is 0 Å². The number of hydrogen-bond donors (Lipinski definition) is 0. The Hall–Kier alpha value is -0.0400. The molecule has 1 saturated heterocycles. The number of nitrogens with zero attached hydrogens (tertiary/aromatic N) is 1. The fraction of sp³-hybridized carbons (Fsp3) is 1.00. The molecule has 1 fully saturated rings. The second-order valence-electron chi connectivity index (χ2n) is 2.13. The highest BCUT2D eigenvalue weighted by Crippen LogP contribution is 2.56. The SMILES string of the molecule is O=P1(F)OCCCN1S(=O)(=O)F. The third-order valence-electron chi connectivity index (χ3n) is 1.26. The van der Waals surface area contributed by atoms with Crippen LogP contribution in [0.3, 0.4) is 0 Å². The Bertz CT molecular complexity index is 316. The van der Waals surface area contributed by atoms with Crippen molar-refractivity contribution in [2.45, 2.75) is 6.42 Å². The van der Waals surface area contributed by atoms with Gasteiger partial charge in [-0.25, -0.2) is 4.57 Å². The van der Waals surface area contributed by atoms with Crippen molar-refractivity contribution in [3.63, 3.8) is 0 Å². The normalized spacial score (nSPS) is 33.5. The summed E-state index contributed by atoms with van der Waals surface area (Å²) in [7, 11) is -10.2. The van der Waals surface area contributed by atoms with Gasteiger partial charge in [-0.2, -0.15) is 8.42 Å². The maximum atomic E-state index is 12.7. The molecule has 12 heavy (non-hydrogen) atoms. The van der Waals surface area contributed by atoms with Gasteiger partial charge in [0.25, 0.3) is 0 Å². The summed E-state index contributed by atoms with van der Waals surface area (Å²) in [6.45, 7) is -0.619. The quantitative estimate of drug-likeness (QED) is 0.489. The molecule has 0 aromatic heterocycles. The van der Waals surface area contributed by atoms with Crippen LogP contribution in [0.5, 0.6) is 0 Å². The van der Waals surface area contributed by atoms with Crippen LogP contribution < -0.4 is 0 Å². The van der Waals surface area contributed by atoms with Crippen molar-refractivity contribution < 1.29 is 25.6 Å². The van der Waals surface area contributed by atoms with Crippen LogP contribution in [-0.4, -0.2) is 25.6 Å². The lowest BCUT2D eigenvalue weighted by atomic mass is 10.5. The molecule has 0 saturated carbocycles. The minimum atomic E-state index is -5.26. The van der Waals surface area contributed by atoms with Gasteiger partial charge >= 0.3 is 18.2 Å². The summed E-state index contributed by atoms with van der Waals surface area (Å²) < 4.78 is 59.4. The highest BCUT2D eigenvalue weighted by Gasteiger charge is 2.43. The van der Waals surface area contributed by atoms with E-state index in [4.69, 9.17) is 0 Å². The molecule has 0 amide bonds. The van der Waals surface area contributed by atoms with E-state index in [9.17, 15) is 21.1 Å². The molecule has 1 atom stereocenters. The molecule has 1 heterocycles. The molecule has 1 unspecified atom stereocenters. The Kier molecular flexibility index (Phi) is 2.53. The zero-order valence-corrected chi connectivity index (χ0v) is 7.52. The van der Waals surface area contributed by atoms with Crippen LogP contribution in [0.25, 0.3) is 0 Å². The molecule has 1 aliphatic heterocycles. The van der Waals surface area contributed by atoms with Gasteiger partial charge in [-0.15, -0.1) is 4.20 Å². The first-order chi connectivity index (χ1) is 5.34. The molecule has 9 heteroatoms. The third kappa shape index (κ3) is 2.01. The molecule has 0 spiro atoms. The summed E-state index contributed by atoms with van der Waals surface area (Å²) >= 11 is 0. The van der Waals surface area contributed by atoms with Crippen LogP contribution in [0.2, 0.25) is 0 Å². The molecule has 72 valence electrons. The largest absolute Gasteiger partial charge is 0.461 e. The Balaban J connectivity index is 2.96. The topological polar surface area (TPSA) is 63.7 Å². The molecular weight excluding hydrogens is 215 g/mol. The van der Waals surface area contributed by atoms with Crippen molar-refractivity contribution >= 4 is 18.2 Å². The Morgan fingerprint density at radius 1 is 1.50 bits per heavy atom. The zero-order valence-electron chi connectivity index (χ0n) is 5.81. The smallest absolute Gasteiger partial charge is 0.293 e. The lowest BCUT2D eigenvalue weighted by Crippen LogP contribution is -2.29. The molecule has 0 aliphatic carbocycles. The average molecular weight is 221 g/mol. The Morgan fingerprint density at radius 2 is 2.08 bits per heavy atom. The molecule has 0 bridgehead atoms. The van der Waals surface area contributed by atoms with Crippen LogP contribution in [0.4, 0.5) is 8.08 Å². The lowest BCUT2D eigenvalue weighted by molar-refractivity contribution is 0.215. The van der Waals surface area contributed by atoms with E-state index in [1.54, 1.807) is 0 Å². The average Bonchev–Trinajstić information content (AvgIpc) is 1.83. The van der Waals surface area contributed by atoms with E-state index >= 15 is 0 Å². The van der Waals surface area contributed by atoms with Gasteiger partial charge in [0.05, 0.1) is 6.61 Å². The Morgan fingerprint density at radius 3 is 2.42 bits per heavy atom.